The molecule has 0 radical (unpaired) electrons. The lowest BCUT2D eigenvalue weighted by Gasteiger charge is -2.34. The zero-order valence-corrected chi connectivity index (χ0v) is 25.6. The third kappa shape index (κ3) is 12.0. The summed E-state index contributed by atoms with van der Waals surface area (Å²) in [4.78, 5) is 35.7. The van der Waals surface area contributed by atoms with Gasteiger partial charge in [-0.05, 0) is 61.6 Å². The quantitative estimate of drug-likeness (QED) is 0.175. The highest BCUT2D eigenvalue weighted by molar-refractivity contribution is 6.30. The van der Waals surface area contributed by atoms with Crippen LogP contribution in [-0.4, -0.2) is 84.6 Å². The van der Waals surface area contributed by atoms with Gasteiger partial charge < -0.3 is 35.2 Å². The lowest BCUT2D eigenvalue weighted by molar-refractivity contribution is -0.192. The number of aliphatic carboxylic acids is 1. The highest BCUT2D eigenvalue weighted by Crippen LogP contribution is 2.39. The molecule has 4 rings (SSSR count). The number of phenols is 1. The smallest absolute Gasteiger partial charge is 0.490 e. The van der Waals surface area contributed by atoms with Crippen molar-refractivity contribution in [2.45, 2.75) is 63.6 Å². The van der Waals surface area contributed by atoms with Gasteiger partial charge in [0, 0.05) is 24.2 Å². The number of phenolic OH excluding ortho intramolecular Hbond substituents is 1. The topological polar surface area (TPSA) is 137 Å². The average molecular weight is 658 g/mol. The summed E-state index contributed by atoms with van der Waals surface area (Å²) >= 11 is 6.04. The van der Waals surface area contributed by atoms with Gasteiger partial charge in [0.15, 0.2) is 12.4 Å². The number of ether oxygens (including phenoxy) is 2. The predicted molar refractivity (Wildman–Crippen MR) is 162 cm³/mol. The van der Waals surface area contributed by atoms with Gasteiger partial charge in [-0.1, -0.05) is 49.1 Å². The molecule has 2 amide bonds. The van der Waals surface area contributed by atoms with Crippen LogP contribution in [0.25, 0.3) is 0 Å². The lowest BCUT2D eigenvalue weighted by Crippen LogP contribution is -2.45. The van der Waals surface area contributed by atoms with Crippen LogP contribution in [0.3, 0.4) is 0 Å². The number of halogens is 4. The minimum absolute atomic E-state index is 0.000150. The Kier molecular flexibility index (Phi) is 14.2. The molecule has 1 saturated carbocycles. The summed E-state index contributed by atoms with van der Waals surface area (Å²) in [6.07, 6.45) is 2.44. The van der Waals surface area contributed by atoms with E-state index in [4.69, 9.17) is 31.0 Å². The highest BCUT2D eigenvalue weighted by Gasteiger charge is 2.38. The second-order valence-electron chi connectivity index (χ2n) is 10.7. The van der Waals surface area contributed by atoms with E-state index in [1.807, 2.05) is 35.2 Å². The molecule has 10 nitrogen and oxygen atoms in total. The van der Waals surface area contributed by atoms with Crippen molar-refractivity contribution < 1.29 is 47.2 Å². The van der Waals surface area contributed by atoms with E-state index >= 15 is 0 Å². The minimum atomic E-state index is -5.08. The fourth-order valence-corrected chi connectivity index (χ4v) is 5.36. The van der Waals surface area contributed by atoms with Crippen molar-refractivity contribution in [3.05, 3.63) is 52.5 Å². The first-order valence-electron chi connectivity index (χ1n) is 14.9. The van der Waals surface area contributed by atoms with Crippen molar-refractivity contribution in [1.29, 1.82) is 0 Å². The van der Waals surface area contributed by atoms with Crippen LogP contribution in [0.15, 0.2) is 36.4 Å². The van der Waals surface area contributed by atoms with E-state index < -0.39 is 12.1 Å². The highest BCUT2D eigenvalue weighted by atomic mass is 35.5. The number of carboxylic acid groups (broad SMARTS) is 1. The standard InChI is InChI=1S/C29H38ClN3O5.C2HF3O2/c30-23-6-4-5-21(19-23)12-17-37-18-13-27(36)33(24-7-2-1-3-8-24)16-15-31-14-11-22-9-10-25(34)28-29(22)38-20-26(35)32-28;3-2(4,5)1(6)7/h4-6,9-10,19,24,31,34H,1-3,7-8,11-18,20H2,(H,32,35);(H,6,7). The van der Waals surface area contributed by atoms with Gasteiger partial charge in [-0.2, -0.15) is 13.2 Å². The van der Waals surface area contributed by atoms with Crippen molar-refractivity contribution in [3.63, 3.8) is 0 Å². The number of nitrogens with one attached hydrogen (secondary N) is 2. The molecule has 0 spiro atoms. The van der Waals surface area contributed by atoms with Crippen LogP contribution in [0.4, 0.5) is 18.9 Å². The van der Waals surface area contributed by atoms with E-state index in [0.717, 1.165) is 35.4 Å². The summed E-state index contributed by atoms with van der Waals surface area (Å²) < 4.78 is 43.1. The number of alkyl halides is 3. The third-order valence-electron chi connectivity index (χ3n) is 7.39. The summed E-state index contributed by atoms with van der Waals surface area (Å²) in [5.41, 5.74) is 2.38. The van der Waals surface area contributed by atoms with Crippen LogP contribution in [0.1, 0.15) is 49.7 Å². The predicted octanol–water partition coefficient (Wildman–Crippen LogP) is 4.95. The molecule has 45 heavy (non-hydrogen) atoms. The first-order chi connectivity index (χ1) is 21.5. The van der Waals surface area contributed by atoms with Crippen molar-refractivity contribution in [2.75, 3.05) is 44.8 Å². The molecule has 4 N–H and O–H groups in total. The van der Waals surface area contributed by atoms with Crippen LogP contribution in [0.2, 0.25) is 5.02 Å². The fraction of sp³-hybridized carbons (Fsp3) is 0.516. The molecule has 248 valence electrons. The number of hydrogen-bond acceptors (Lipinski definition) is 7. The maximum absolute atomic E-state index is 13.2. The van der Waals surface area contributed by atoms with Crippen molar-refractivity contribution in [3.8, 4) is 11.5 Å². The molecule has 0 aromatic heterocycles. The molecule has 2 aromatic rings. The Morgan fingerprint density at radius 2 is 1.82 bits per heavy atom. The largest absolute Gasteiger partial charge is 0.506 e. The van der Waals surface area contributed by atoms with Gasteiger partial charge in [-0.15, -0.1) is 0 Å². The Morgan fingerprint density at radius 3 is 2.51 bits per heavy atom. The van der Waals surface area contributed by atoms with Gasteiger partial charge >= 0.3 is 12.1 Å². The number of anilines is 1. The normalized spacial score (nSPS) is 14.8. The van der Waals surface area contributed by atoms with Gasteiger partial charge in [0.1, 0.15) is 11.4 Å². The van der Waals surface area contributed by atoms with Gasteiger partial charge in [-0.3, -0.25) is 9.59 Å². The van der Waals surface area contributed by atoms with Gasteiger partial charge in [0.25, 0.3) is 5.91 Å². The molecule has 1 fully saturated rings. The van der Waals surface area contributed by atoms with Crippen molar-refractivity contribution in [2.24, 2.45) is 0 Å². The molecule has 0 saturated heterocycles. The van der Waals surface area contributed by atoms with Gasteiger partial charge in [-0.25, -0.2) is 4.79 Å². The molecule has 0 atom stereocenters. The molecule has 14 heteroatoms. The molecular formula is C31H39ClF3N3O7. The summed E-state index contributed by atoms with van der Waals surface area (Å²) in [6, 6.07) is 11.4. The number of rotatable bonds is 13. The molecule has 1 heterocycles. The summed E-state index contributed by atoms with van der Waals surface area (Å²) in [6.45, 7) is 2.96. The Labute approximate surface area is 264 Å². The number of carboxylic acids is 1. The third-order valence-corrected chi connectivity index (χ3v) is 7.63. The van der Waals surface area contributed by atoms with E-state index in [2.05, 4.69) is 10.6 Å². The molecule has 0 unspecified atom stereocenters. The van der Waals surface area contributed by atoms with E-state index in [-0.39, 0.29) is 24.2 Å². The molecule has 1 aliphatic carbocycles. The summed E-state index contributed by atoms with van der Waals surface area (Å²) in [7, 11) is 0. The van der Waals surface area contributed by atoms with Crippen LogP contribution in [0, 0.1) is 0 Å². The fourth-order valence-electron chi connectivity index (χ4n) is 5.15. The Morgan fingerprint density at radius 1 is 1.09 bits per heavy atom. The van der Waals surface area contributed by atoms with Crippen LogP contribution >= 0.6 is 11.6 Å². The first-order valence-corrected chi connectivity index (χ1v) is 15.2. The molecule has 2 aromatic carbocycles. The lowest BCUT2D eigenvalue weighted by atomic mass is 9.94. The minimum Gasteiger partial charge on any atom is -0.506 e. The number of carbonyl (C=O) groups is 3. The summed E-state index contributed by atoms with van der Waals surface area (Å²) in [5.74, 6) is -2.35. The Balaban J connectivity index is 0.000000707. The SMILES string of the molecule is O=C(O)C(F)(F)F.O=C1COc2c(CCNCCN(C(=O)CCOCCc3cccc(Cl)c3)C3CCCCC3)ccc(O)c2N1. The van der Waals surface area contributed by atoms with E-state index in [1.165, 1.54) is 19.3 Å². The number of benzene rings is 2. The number of amides is 2. The Bertz CT molecular complexity index is 1290. The summed E-state index contributed by atoms with van der Waals surface area (Å²) in [5, 5.41) is 24.0. The number of hydrogen-bond donors (Lipinski definition) is 4. The van der Waals surface area contributed by atoms with Gasteiger partial charge in [0.05, 0.1) is 19.6 Å². The molecule has 2 aliphatic rings. The maximum atomic E-state index is 13.2. The second kappa shape index (κ2) is 17.8. The number of fused-ring (bicyclic) bond motifs is 1. The van der Waals surface area contributed by atoms with Crippen LogP contribution in [-0.2, 0) is 32.0 Å². The van der Waals surface area contributed by atoms with Crippen LogP contribution < -0.4 is 15.4 Å². The van der Waals surface area contributed by atoms with E-state index in [1.54, 1.807) is 6.07 Å². The number of nitrogens with zero attached hydrogens (tertiary/aromatic N) is 1. The first kappa shape index (κ1) is 35.9. The Hall–Kier alpha value is -3.55. The van der Waals surface area contributed by atoms with Gasteiger partial charge in [0.2, 0.25) is 5.91 Å². The maximum Gasteiger partial charge on any atom is 0.490 e. The molecular weight excluding hydrogens is 619 g/mol. The monoisotopic (exact) mass is 657 g/mol. The van der Waals surface area contributed by atoms with E-state index in [9.17, 15) is 27.9 Å². The zero-order valence-electron chi connectivity index (χ0n) is 24.8. The molecule has 0 bridgehead atoms. The number of aromatic hydroxyl groups is 1. The van der Waals surface area contributed by atoms with Crippen molar-refractivity contribution in [1.82, 2.24) is 10.2 Å². The zero-order chi connectivity index (χ0) is 32.8. The second-order valence-corrected chi connectivity index (χ2v) is 11.1. The average Bonchev–Trinajstić information content (AvgIpc) is 3.00. The molecule has 1 aliphatic heterocycles. The van der Waals surface area contributed by atoms with E-state index in [0.29, 0.717) is 63.2 Å². The van der Waals surface area contributed by atoms with Crippen molar-refractivity contribution >= 4 is 35.1 Å². The van der Waals surface area contributed by atoms with Crippen LogP contribution in [0.5, 0.6) is 11.5 Å². The number of carbonyl (C=O) groups excluding carboxylic acids is 2.